The van der Waals surface area contributed by atoms with E-state index in [9.17, 15) is 9.59 Å². The second-order valence-corrected chi connectivity index (χ2v) is 4.53. The molecule has 0 rings (SSSR count). The molecule has 0 spiro atoms. The molecule has 0 bridgehead atoms. The van der Waals surface area contributed by atoms with Crippen molar-refractivity contribution < 1.29 is 19.8 Å². The van der Waals surface area contributed by atoms with E-state index in [1.807, 2.05) is 6.92 Å². The Morgan fingerprint density at radius 2 is 1.94 bits per heavy atom. The molecule has 1 amide bonds. The second-order valence-electron chi connectivity index (χ2n) is 4.53. The summed E-state index contributed by atoms with van der Waals surface area (Å²) in [6.45, 7) is 5.22. The molecule has 3 N–H and O–H groups in total. The van der Waals surface area contributed by atoms with Crippen LogP contribution >= 0.6 is 0 Å². The van der Waals surface area contributed by atoms with Crippen LogP contribution in [0.15, 0.2) is 0 Å². The number of aliphatic hydroxyl groups is 1. The summed E-state index contributed by atoms with van der Waals surface area (Å²) in [5.74, 6) is -1.31. The zero-order chi connectivity index (χ0) is 12.8. The first-order valence-electron chi connectivity index (χ1n) is 5.46. The minimum absolute atomic E-state index is 0.0185. The van der Waals surface area contributed by atoms with Gasteiger partial charge in [0.2, 0.25) is 5.91 Å². The second kappa shape index (κ2) is 6.48. The third-order valence-corrected chi connectivity index (χ3v) is 2.63. The van der Waals surface area contributed by atoms with Crippen LogP contribution in [0.4, 0.5) is 0 Å². The number of rotatable bonds is 7. The van der Waals surface area contributed by atoms with Crippen LogP contribution in [-0.2, 0) is 9.59 Å². The van der Waals surface area contributed by atoms with Crippen LogP contribution in [0.25, 0.3) is 0 Å². The summed E-state index contributed by atoms with van der Waals surface area (Å²) in [5.41, 5.74) is -0.611. The van der Waals surface area contributed by atoms with Crippen molar-refractivity contribution in [1.29, 1.82) is 0 Å². The fourth-order valence-corrected chi connectivity index (χ4v) is 1.31. The van der Waals surface area contributed by atoms with Gasteiger partial charge in [0.15, 0.2) is 0 Å². The van der Waals surface area contributed by atoms with Crippen LogP contribution < -0.4 is 5.32 Å². The van der Waals surface area contributed by atoms with E-state index in [2.05, 4.69) is 5.32 Å². The number of amides is 1. The number of hydrogen-bond donors (Lipinski definition) is 3. The monoisotopic (exact) mass is 231 g/mol. The molecule has 16 heavy (non-hydrogen) atoms. The maximum absolute atomic E-state index is 11.6. The first-order valence-corrected chi connectivity index (χ1v) is 5.46. The number of nitrogens with one attached hydrogen (secondary N) is 1. The minimum atomic E-state index is -0.902. The van der Waals surface area contributed by atoms with Gasteiger partial charge in [-0.15, -0.1) is 0 Å². The largest absolute Gasteiger partial charge is 0.481 e. The molecule has 5 nitrogen and oxygen atoms in total. The highest BCUT2D eigenvalue weighted by molar-refractivity contribution is 5.77. The predicted octanol–water partition coefficient (Wildman–Crippen LogP) is 0.764. The molecule has 0 aliphatic rings. The molecule has 0 saturated carbocycles. The fraction of sp³-hybridized carbons (Fsp3) is 0.818. The lowest BCUT2D eigenvalue weighted by Crippen LogP contribution is -2.48. The summed E-state index contributed by atoms with van der Waals surface area (Å²) < 4.78 is 0. The van der Waals surface area contributed by atoms with E-state index in [0.717, 1.165) is 0 Å². The zero-order valence-corrected chi connectivity index (χ0v) is 10.1. The molecular weight excluding hydrogens is 210 g/mol. The standard InChI is InChI=1S/C11H21NO4/c1-4-11(3,7-13)12-9(14)5-8(2)6-10(15)16/h8,13H,4-7H2,1-3H3,(H,12,14)(H,15,16). The van der Waals surface area contributed by atoms with Gasteiger partial charge in [-0.3, -0.25) is 9.59 Å². The Kier molecular flexibility index (Phi) is 6.03. The van der Waals surface area contributed by atoms with Crippen LogP contribution in [0.5, 0.6) is 0 Å². The van der Waals surface area contributed by atoms with Crippen molar-refractivity contribution in [2.24, 2.45) is 5.92 Å². The Labute approximate surface area is 95.9 Å². The number of aliphatic carboxylic acids is 1. The number of hydrogen-bond acceptors (Lipinski definition) is 3. The number of carboxylic acid groups (broad SMARTS) is 1. The highest BCUT2D eigenvalue weighted by atomic mass is 16.4. The summed E-state index contributed by atoms with van der Waals surface area (Å²) in [5, 5.41) is 20.4. The van der Waals surface area contributed by atoms with Gasteiger partial charge in [0, 0.05) is 12.8 Å². The summed E-state index contributed by atoms with van der Waals surface area (Å²) in [6, 6.07) is 0. The lowest BCUT2D eigenvalue weighted by molar-refractivity contribution is -0.138. The Hall–Kier alpha value is -1.10. The highest BCUT2D eigenvalue weighted by Crippen LogP contribution is 2.11. The SMILES string of the molecule is CCC(C)(CO)NC(=O)CC(C)CC(=O)O. The first kappa shape index (κ1) is 14.9. The first-order chi connectivity index (χ1) is 7.33. The topological polar surface area (TPSA) is 86.6 Å². The summed E-state index contributed by atoms with van der Waals surface area (Å²) >= 11 is 0. The van der Waals surface area contributed by atoms with Gasteiger partial charge in [-0.2, -0.15) is 0 Å². The van der Waals surface area contributed by atoms with E-state index in [0.29, 0.717) is 6.42 Å². The summed E-state index contributed by atoms with van der Waals surface area (Å²) in [6.07, 6.45) is 0.778. The van der Waals surface area contributed by atoms with Crippen LogP contribution in [0, 0.1) is 5.92 Å². The average Bonchev–Trinajstić information content (AvgIpc) is 2.15. The van der Waals surface area contributed by atoms with Gasteiger partial charge >= 0.3 is 5.97 Å². The van der Waals surface area contributed by atoms with Crippen molar-refractivity contribution in [1.82, 2.24) is 5.32 Å². The molecule has 0 aromatic rings. The van der Waals surface area contributed by atoms with Gasteiger partial charge in [-0.1, -0.05) is 13.8 Å². The van der Waals surface area contributed by atoms with Gasteiger partial charge in [-0.05, 0) is 19.3 Å². The maximum atomic E-state index is 11.6. The predicted molar refractivity (Wildman–Crippen MR) is 60.0 cm³/mol. The van der Waals surface area contributed by atoms with Gasteiger partial charge in [-0.25, -0.2) is 0 Å². The van der Waals surface area contributed by atoms with E-state index in [-0.39, 0.29) is 31.3 Å². The Bertz CT molecular complexity index is 248. The quantitative estimate of drug-likeness (QED) is 0.604. The van der Waals surface area contributed by atoms with E-state index >= 15 is 0 Å². The fourth-order valence-electron chi connectivity index (χ4n) is 1.31. The van der Waals surface area contributed by atoms with Gasteiger partial charge < -0.3 is 15.5 Å². The van der Waals surface area contributed by atoms with Crippen LogP contribution in [0.2, 0.25) is 0 Å². The molecule has 5 heteroatoms. The van der Waals surface area contributed by atoms with Crippen molar-refractivity contribution in [3.8, 4) is 0 Å². The third kappa shape index (κ3) is 5.70. The molecule has 0 aliphatic carbocycles. The van der Waals surface area contributed by atoms with Crippen molar-refractivity contribution in [3.05, 3.63) is 0 Å². The van der Waals surface area contributed by atoms with Crippen molar-refractivity contribution >= 4 is 11.9 Å². The lowest BCUT2D eigenvalue weighted by Gasteiger charge is -2.27. The molecular formula is C11H21NO4. The van der Waals surface area contributed by atoms with Crippen LogP contribution in [0.3, 0.4) is 0 Å². The van der Waals surface area contributed by atoms with Gasteiger partial charge in [0.25, 0.3) is 0 Å². The minimum Gasteiger partial charge on any atom is -0.481 e. The Morgan fingerprint density at radius 1 is 1.38 bits per heavy atom. The molecule has 2 unspecified atom stereocenters. The molecule has 0 heterocycles. The molecule has 0 radical (unpaired) electrons. The number of aliphatic hydroxyl groups excluding tert-OH is 1. The zero-order valence-electron chi connectivity index (χ0n) is 10.1. The van der Waals surface area contributed by atoms with E-state index in [1.54, 1.807) is 13.8 Å². The molecule has 94 valence electrons. The van der Waals surface area contributed by atoms with Gasteiger partial charge in [0.05, 0.1) is 12.1 Å². The number of carboxylic acids is 1. The number of carbonyl (C=O) groups excluding carboxylic acids is 1. The molecule has 0 aromatic heterocycles. The number of carbonyl (C=O) groups is 2. The van der Waals surface area contributed by atoms with Gasteiger partial charge in [0.1, 0.15) is 0 Å². The summed E-state index contributed by atoms with van der Waals surface area (Å²) in [7, 11) is 0. The van der Waals surface area contributed by atoms with E-state index < -0.39 is 11.5 Å². The lowest BCUT2D eigenvalue weighted by atomic mass is 9.98. The Balaban J connectivity index is 4.12. The maximum Gasteiger partial charge on any atom is 0.303 e. The molecule has 0 fully saturated rings. The van der Waals surface area contributed by atoms with Crippen molar-refractivity contribution in [2.75, 3.05) is 6.61 Å². The smallest absolute Gasteiger partial charge is 0.303 e. The van der Waals surface area contributed by atoms with E-state index in [1.165, 1.54) is 0 Å². The molecule has 0 aliphatic heterocycles. The molecule has 2 atom stereocenters. The highest BCUT2D eigenvalue weighted by Gasteiger charge is 2.24. The van der Waals surface area contributed by atoms with E-state index in [4.69, 9.17) is 10.2 Å². The van der Waals surface area contributed by atoms with Crippen molar-refractivity contribution in [2.45, 2.75) is 45.6 Å². The third-order valence-electron chi connectivity index (χ3n) is 2.63. The molecule has 0 saturated heterocycles. The molecule has 0 aromatic carbocycles. The van der Waals surface area contributed by atoms with Crippen LogP contribution in [0.1, 0.15) is 40.0 Å². The Morgan fingerprint density at radius 3 is 2.31 bits per heavy atom. The van der Waals surface area contributed by atoms with Crippen LogP contribution in [-0.4, -0.2) is 34.2 Å². The van der Waals surface area contributed by atoms with Crippen molar-refractivity contribution in [3.63, 3.8) is 0 Å². The normalized spacial score (nSPS) is 16.2. The summed E-state index contributed by atoms with van der Waals surface area (Å²) in [4.78, 5) is 22.0. The average molecular weight is 231 g/mol.